The number of carbonyl (C=O) groups is 2. The van der Waals surface area contributed by atoms with Gasteiger partial charge in [0, 0.05) is 0 Å². The number of rotatable bonds is 10. The minimum Gasteiger partial charge on any atom is -0.481 e. The third-order valence-electron chi connectivity index (χ3n) is 2.44. The molecule has 0 saturated carbocycles. The molecular formula is C12H23NaO8S. The topological polar surface area (TPSA) is 138 Å². The minimum absolute atomic E-state index is 0.543. The summed E-state index contributed by atoms with van der Waals surface area (Å²) in [6.45, 7) is 5.35. The van der Waals surface area contributed by atoms with Crippen molar-refractivity contribution in [2.24, 2.45) is 0 Å². The molecule has 0 heterocycles. The van der Waals surface area contributed by atoms with Gasteiger partial charge < -0.3 is 10.2 Å². The maximum Gasteiger partial charge on any atom is 0.325 e. The Morgan fingerprint density at radius 3 is 2.00 bits per heavy atom. The van der Waals surface area contributed by atoms with E-state index >= 15 is 0 Å². The van der Waals surface area contributed by atoms with Crippen LogP contribution in [0.4, 0.5) is 0 Å². The smallest absolute Gasteiger partial charge is 0.325 e. The Morgan fingerprint density at radius 2 is 1.73 bits per heavy atom. The van der Waals surface area contributed by atoms with Crippen LogP contribution >= 0.6 is 0 Å². The van der Waals surface area contributed by atoms with Crippen LogP contribution < -0.4 is 0 Å². The molecule has 2 atom stereocenters. The number of carboxylic acid groups (broad SMARTS) is 2. The summed E-state index contributed by atoms with van der Waals surface area (Å²) < 4.78 is 34.7. The van der Waals surface area contributed by atoms with Gasteiger partial charge in [0.15, 0.2) is 5.25 Å². The van der Waals surface area contributed by atoms with E-state index in [1.807, 2.05) is 0 Å². The van der Waals surface area contributed by atoms with Crippen molar-refractivity contribution in [3.63, 3.8) is 0 Å². The van der Waals surface area contributed by atoms with Crippen molar-refractivity contribution in [3.05, 3.63) is 0 Å². The molecule has 0 aromatic rings. The molecule has 0 aromatic carbocycles. The summed E-state index contributed by atoms with van der Waals surface area (Å²) in [6, 6.07) is 0. The van der Waals surface area contributed by atoms with Crippen molar-refractivity contribution < 1.29 is 37.5 Å². The molecule has 0 aliphatic carbocycles. The van der Waals surface area contributed by atoms with Crippen molar-refractivity contribution >= 4 is 50.0 Å². The quantitative estimate of drug-likeness (QED) is 0.300. The summed E-state index contributed by atoms with van der Waals surface area (Å²) in [5.74, 6) is -3.50. The van der Waals surface area contributed by atoms with Gasteiger partial charge in [0.2, 0.25) is 0 Å². The molecule has 10 heteroatoms. The van der Waals surface area contributed by atoms with Gasteiger partial charge in [-0.05, 0) is 0 Å². The maximum atomic E-state index is 10.2. The van der Waals surface area contributed by atoms with Crippen LogP contribution in [0.15, 0.2) is 0 Å². The molecule has 0 fully saturated rings. The van der Waals surface area contributed by atoms with E-state index in [-0.39, 0.29) is 0 Å². The summed E-state index contributed by atoms with van der Waals surface area (Å²) >= 11 is 1.17. The summed E-state index contributed by atoms with van der Waals surface area (Å²) in [6.07, 6.45) is 4.11. The first-order valence-electron chi connectivity index (χ1n) is 7.04. The maximum absolute atomic E-state index is 10.2. The Labute approximate surface area is 148 Å². The first-order valence-corrected chi connectivity index (χ1v) is 9.70. The predicted octanol–water partition coefficient (Wildman–Crippen LogP) is 0.900. The SMILES string of the molecule is CCCCCCO[CH](C)[Na].O=C(O)CC(C(=O)O)S(=O)(=O)O. The molecule has 0 rings (SSSR count). The Hall–Kier alpha value is -0.190. The van der Waals surface area contributed by atoms with E-state index in [0.29, 0.717) is 3.35 Å². The molecule has 0 spiro atoms. The zero-order chi connectivity index (χ0) is 17.8. The average molecular weight is 350 g/mol. The zero-order valence-electron chi connectivity index (χ0n) is 13.2. The van der Waals surface area contributed by atoms with Gasteiger partial charge in [-0.2, -0.15) is 8.42 Å². The second-order valence-corrected chi connectivity index (χ2v) is 8.15. The van der Waals surface area contributed by atoms with Crippen molar-refractivity contribution in [1.82, 2.24) is 0 Å². The normalized spacial score (nSPS) is 13.7. The van der Waals surface area contributed by atoms with E-state index in [1.54, 1.807) is 0 Å². The van der Waals surface area contributed by atoms with E-state index in [1.165, 1.54) is 53.6 Å². The van der Waals surface area contributed by atoms with Crippen LogP contribution in [0.5, 0.6) is 0 Å². The van der Waals surface area contributed by atoms with Crippen LogP contribution in [-0.2, 0) is 24.4 Å². The van der Waals surface area contributed by atoms with Gasteiger partial charge in [-0.3, -0.25) is 14.1 Å². The van der Waals surface area contributed by atoms with Crippen molar-refractivity contribution in [2.45, 2.75) is 54.6 Å². The molecule has 0 aliphatic rings. The van der Waals surface area contributed by atoms with Gasteiger partial charge in [-0.25, -0.2) is 0 Å². The van der Waals surface area contributed by atoms with Crippen LogP contribution in [-0.4, -0.2) is 78.3 Å². The Bertz CT molecular complexity index is 421. The first kappa shape index (κ1) is 24.1. The number of ether oxygens (including phenoxy) is 1. The predicted molar refractivity (Wildman–Crippen MR) is 80.5 cm³/mol. The number of carboxylic acids is 2. The Morgan fingerprint density at radius 1 is 1.18 bits per heavy atom. The molecule has 0 aliphatic heterocycles. The molecule has 8 nitrogen and oxygen atoms in total. The van der Waals surface area contributed by atoms with Gasteiger partial charge in [-0.1, -0.05) is 0 Å². The molecule has 0 saturated heterocycles. The van der Waals surface area contributed by atoms with Crippen LogP contribution in [0.25, 0.3) is 0 Å². The fourth-order valence-electron chi connectivity index (χ4n) is 1.33. The largest absolute Gasteiger partial charge is 0.481 e. The van der Waals surface area contributed by atoms with Crippen LogP contribution in [0.2, 0.25) is 0 Å². The van der Waals surface area contributed by atoms with Crippen molar-refractivity contribution in [3.8, 4) is 0 Å². The van der Waals surface area contributed by atoms with Gasteiger partial charge in [0.1, 0.15) is 0 Å². The standard InChI is InChI=1S/C8H17O.C4H6O7S.Na/c1-3-5-6-7-8-9-4-2;5-3(6)1-2(4(7)8)12(9,10)11;/h4H,3,5-8H2,1-2H3;2H,1H2,(H,5,6)(H,7,8)(H,9,10,11);. The van der Waals surface area contributed by atoms with E-state index < -0.39 is 33.7 Å². The molecule has 2 unspecified atom stereocenters. The van der Waals surface area contributed by atoms with Gasteiger partial charge in [-0.15, -0.1) is 0 Å². The number of aliphatic carboxylic acids is 2. The van der Waals surface area contributed by atoms with Crippen molar-refractivity contribution in [2.75, 3.05) is 6.61 Å². The molecule has 3 N–H and O–H groups in total. The monoisotopic (exact) mass is 350 g/mol. The molecular weight excluding hydrogens is 327 g/mol. The zero-order valence-corrected chi connectivity index (χ0v) is 16.0. The Kier molecular flexibility index (Phi) is 14.5. The second-order valence-electron chi connectivity index (χ2n) is 4.92. The third kappa shape index (κ3) is 16.2. The molecule has 0 radical (unpaired) electrons. The van der Waals surface area contributed by atoms with Crippen LogP contribution in [0.1, 0.15) is 46.0 Å². The number of unbranched alkanes of at least 4 members (excludes halogenated alkanes) is 3. The van der Waals surface area contributed by atoms with Gasteiger partial charge in [0.25, 0.3) is 10.1 Å². The Balaban J connectivity index is 0. The van der Waals surface area contributed by atoms with E-state index in [0.717, 1.165) is 6.61 Å². The second kappa shape index (κ2) is 13.3. The van der Waals surface area contributed by atoms with Crippen LogP contribution in [0.3, 0.4) is 0 Å². The molecule has 0 bridgehead atoms. The van der Waals surface area contributed by atoms with E-state index in [2.05, 4.69) is 13.8 Å². The fraction of sp³-hybridized carbons (Fsp3) is 0.833. The summed E-state index contributed by atoms with van der Waals surface area (Å²) in [4.78, 5) is 20.0. The van der Waals surface area contributed by atoms with E-state index in [9.17, 15) is 18.0 Å². The summed E-state index contributed by atoms with van der Waals surface area (Å²) in [5.41, 5.74) is 0. The summed E-state index contributed by atoms with van der Waals surface area (Å²) in [5, 5.41) is 13.9. The van der Waals surface area contributed by atoms with Crippen molar-refractivity contribution in [1.29, 1.82) is 0 Å². The van der Waals surface area contributed by atoms with E-state index in [4.69, 9.17) is 19.5 Å². The molecule has 0 amide bonds. The average Bonchev–Trinajstić information content (AvgIpc) is 2.34. The molecule has 22 heavy (non-hydrogen) atoms. The summed E-state index contributed by atoms with van der Waals surface area (Å²) in [7, 11) is -4.84. The number of hydrogen-bond acceptors (Lipinski definition) is 5. The van der Waals surface area contributed by atoms with Gasteiger partial charge in [0.05, 0.1) is 6.42 Å². The molecule has 126 valence electrons. The van der Waals surface area contributed by atoms with Gasteiger partial charge >= 0.3 is 94.1 Å². The number of hydrogen-bond donors (Lipinski definition) is 3. The molecule has 0 aromatic heterocycles. The third-order valence-corrected chi connectivity index (χ3v) is 3.86. The van der Waals surface area contributed by atoms with Crippen LogP contribution in [0, 0.1) is 0 Å². The fourth-order valence-corrected chi connectivity index (χ4v) is 2.17. The first-order chi connectivity index (χ1) is 10.0. The minimum atomic E-state index is -4.84.